The van der Waals surface area contributed by atoms with E-state index in [9.17, 15) is 4.79 Å². The Morgan fingerprint density at radius 2 is 2.12 bits per heavy atom. The molecule has 0 unspecified atom stereocenters. The van der Waals surface area contributed by atoms with Gasteiger partial charge < -0.3 is 9.64 Å². The lowest BCUT2D eigenvalue weighted by Crippen LogP contribution is -2.48. The molecule has 3 heteroatoms. The van der Waals surface area contributed by atoms with Crippen molar-refractivity contribution in [2.75, 3.05) is 19.7 Å². The highest BCUT2D eigenvalue weighted by atomic mass is 16.6. The van der Waals surface area contributed by atoms with Crippen LogP contribution in [0.3, 0.4) is 0 Å². The van der Waals surface area contributed by atoms with E-state index in [0.717, 1.165) is 13.1 Å². The van der Waals surface area contributed by atoms with E-state index < -0.39 is 0 Å². The molecular weight excluding hydrogens is 214 g/mol. The van der Waals surface area contributed by atoms with E-state index >= 15 is 0 Å². The fourth-order valence-electron chi connectivity index (χ4n) is 1.90. The van der Waals surface area contributed by atoms with Crippen molar-refractivity contribution in [3.05, 3.63) is 48.0 Å². The number of aryl methyl sites for hydroxylation is 1. The molecule has 0 spiro atoms. The van der Waals surface area contributed by atoms with Crippen molar-refractivity contribution in [1.82, 2.24) is 4.90 Å². The van der Waals surface area contributed by atoms with Crippen molar-refractivity contribution in [1.29, 1.82) is 0 Å². The molecule has 1 heterocycles. The van der Waals surface area contributed by atoms with E-state index in [1.165, 1.54) is 11.1 Å². The maximum Gasteiger partial charge on any atom is 0.410 e. The van der Waals surface area contributed by atoms with Crippen LogP contribution >= 0.6 is 0 Å². The molecule has 0 radical (unpaired) electrons. The smallest absolute Gasteiger partial charge is 0.410 e. The molecule has 0 N–H and O–H groups in total. The minimum absolute atomic E-state index is 0.242. The first kappa shape index (κ1) is 11.7. The lowest BCUT2D eigenvalue weighted by Gasteiger charge is -2.38. The number of amides is 1. The summed E-state index contributed by atoms with van der Waals surface area (Å²) in [7, 11) is 0. The highest BCUT2D eigenvalue weighted by molar-refractivity contribution is 5.69. The van der Waals surface area contributed by atoms with E-state index in [1.807, 2.05) is 0 Å². The summed E-state index contributed by atoms with van der Waals surface area (Å²) in [4.78, 5) is 13.2. The number of rotatable bonds is 3. The van der Waals surface area contributed by atoms with Gasteiger partial charge in [0, 0.05) is 19.0 Å². The number of ether oxygens (including phenoxy) is 1. The molecule has 0 aliphatic carbocycles. The first-order valence-corrected chi connectivity index (χ1v) is 5.80. The first-order chi connectivity index (χ1) is 8.20. The molecule has 1 saturated heterocycles. The fourth-order valence-corrected chi connectivity index (χ4v) is 1.90. The van der Waals surface area contributed by atoms with Crippen LogP contribution in [-0.4, -0.2) is 30.7 Å². The van der Waals surface area contributed by atoms with Gasteiger partial charge in [-0.2, -0.15) is 0 Å². The van der Waals surface area contributed by atoms with E-state index in [2.05, 4.69) is 37.8 Å². The van der Waals surface area contributed by atoms with Gasteiger partial charge in [0.25, 0.3) is 0 Å². The zero-order valence-corrected chi connectivity index (χ0v) is 10.1. The van der Waals surface area contributed by atoms with E-state index in [-0.39, 0.29) is 12.7 Å². The molecule has 3 nitrogen and oxygen atoms in total. The van der Waals surface area contributed by atoms with E-state index in [1.54, 1.807) is 11.0 Å². The van der Waals surface area contributed by atoms with Crippen molar-refractivity contribution >= 4 is 6.09 Å². The molecule has 0 atom stereocenters. The summed E-state index contributed by atoms with van der Waals surface area (Å²) < 4.78 is 4.97. The number of hydrogen-bond donors (Lipinski definition) is 0. The Hall–Kier alpha value is -1.77. The molecule has 1 aliphatic rings. The molecule has 1 aliphatic heterocycles. The van der Waals surface area contributed by atoms with Gasteiger partial charge >= 0.3 is 6.09 Å². The van der Waals surface area contributed by atoms with Crippen molar-refractivity contribution < 1.29 is 9.53 Å². The third-order valence-electron chi connectivity index (χ3n) is 3.01. The summed E-state index contributed by atoms with van der Waals surface area (Å²) in [5.41, 5.74) is 2.55. The SMILES string of the molecule is C=CCOC(=O)N1CC(c2ccc(C)cc2)C1. The van der Waals surface area contributed by atoms with Gasteiger partial charge in [0.2, 0.25) is 0 Å². The minimum Gasteiger partial charge on any atom is -0.445 e. The number of carbonyl (C=O) groups excluding carboxylic acids is 1. The van der Waals surface area contributed by atoms with Gasteiger partial charge in [-0.05, 0) is 12.5 Å². The number of nitrogens with zero attached hydrogens (tertiary/aromatic N) is 1. The molecule has 90 valence electrons. The Morgan fingerprint density at radius 3 is 2.71 bits per heavy atom. The van der Waals surface area contributed by atoms with Gasteiger partial charge in [0.1, 0.15) is 6.61 Å². The summed E-state index contributed by atoms with van der Waals surface area (Å²) in [6.07, 6.45) is 1.34. The fraction of sp³-hybridized carbons (Fsp3) is 0.357. The molecule has 17 heavy (non-hydrogen) atoms. The van der Waals surface area contributed by atoms with Crippen molar-refractivity contribution in [2.24, 2.45) is 0 Å². The second-order valence-corrected chi connectivity index (χ2v) is 4.38. The van der Waals surface area contributed by atoms with Crippen LogP contribution in [0.5, 0.6) is 0 Å². The van der Waals surface area contributed by atoms with Gasteiger partial charge in [-0.25, -0.2) is 4.79 Å². The zero-order valence-electron chi connectivity index (χ0n) is 10.1. The van der Waals surface area contributed by atoms with Gasteiger partial charge in [-0.15, -0.1) is 0 Å². The Bertz CT molecular complexity index is 405. The third-order valence-corrected chi connectivity index (χ3v) is 3.01. The predicted molar refractivity (Wildman–Crippen MR) is 67.0 cm³/mol. The molecular formula is C14H17NO2. The van der Waals surface area contributed by atoms with Crippen LogP contribution in [0.2, 0.25) is 0 Å². The normalized spacial score (nSPS) is 15.2. The standard InChI is InChI=1S/C14H17NO2/c1-3-8-17-14(16)15-9-13(10-15)12-6-4-11(2)5-7-12/h3-7,13H,1,8-10H2,2H3. The minimum atomic E-state index is -0.242. The third kappa shape index (κ3) is 2.67. The summed E-state index contributed by atoms with van der Waals surface area (Å²) in [5, 5.41) is 0. The maximum absolute atomic E-state index is 11.5. The Labute approximate surface area is 102 Å². The van der Waals surface area contributed by atoms with Crippen LogP contribution in [0, 0.1) is 6.92 Å². The highest BCUT2D eigenvalue weighted by Crippen LogP contribution is 2.27. The summed E-state index contributed by atoms with van der Waals surface area (Å²) in [6, 6.07) is 8.47. The van der Waals surface area contributed by atoms with Crippen LogP contribution in [0.1, 0.15) is 17.0 Å². The number of carbonyl (C=O) groups is 1. The zero-order chi connectivity index (χ0) is 12.3. The molecule has 1 aromatic rings. The van der Waals surface area contributed by atoms with Gasteiger partial charge in [-0.3, -0.25) is 0 Å². The molecule has 1 aromatic carbocycles. The van der Waals surface area contributed by atoms with Gasteiger partial charge in [0.15, 0.2) is 0 Å². The Balaban J connectivity index is 1.84. The summed E-state index contributed by atoms with van der Waals surface area (Å²) >= 11 is 0. The lowest BCUT2D eigenvalue weighted by atomic mass is 9.91. The second kappa shape index (κ2) is 5.04. The van der Waals surface area contributed by atoms with Crippen molar-refractivity contribution in [2.45, 2.75) is 12.8 Å². The van der Waals surface area contributed by atoms with E-state index in [0.29, 0.717) is 5.92 Å². The summed E-state index contributed by atoms with van der Waals surface area (Å²) in [5.74, 6) is 0.451. The lowest BCUT2D eigenvalue weighted by molar-refractivity contribution is 0.0792. The summed E-state index contributed by atoms with van der Waals surface area (Å²) in [6.45, 7) is 7.36. The Morgan fingerprint density at radius 1 is 1.47 bits per heavy atom. The van der Waals surface area contributed by atoms with Crippen LogP contribution < -0.4 is 0 Å². The monoisotopic (exact) mass is 231 g/mol. The number of benzene rings is 1. The average Bonchev–Trinajstić information content (AvgIpc) is 2.27. The van der Waals surface area contributed by atoms with Gasteiger partial charge in [-0.1, -0.05) is 42.5 Å². The van der Waals surface area contributed by atoms with Gasteiger partial charge in [0.05, 0.1) is 0 Å². The van der Waals surface area contributed by atoms with Crippen LogP contribution in [0.25, 0.3) is 0 Å². The van der Waals surface area contributed by atoms with Crippen molar-refractivity contribution in [3.63, 3.8) is 0 Å². The molecule has 0 bridgehead atoms. The largest absolute Gasteiger partial charge is 0.445 e. The van der Waals surface area contributed by atoms with E-state index in [4.69, 9.17) is 4.74 Å². The van der Waals surface area contributed by atoms with Crippen LogP contribution in [0.4, 0.5) is 4.79 Å². The first-order valence-electron chi connectivity index (χ1n) is 5.80. The number of likely N-dealkylation sites (tertiary alicyclic amines) is 1. The Kier molecular flexibility index (Phi) is 3.47. The second-order valence-electron chi connectivity index (χ2n) is 4.38. The average molecular weight is 231 g/mol. The molecule has 0 saturated carbocycles. The quantitative estimate of drug-likeness (QED) is 0.748. The number of hydrogen-bond acceptors (Lipinski definition) is 2. The van der Waals surface area contributed by atoms with Crippen molar-refractivity contribution in [3.8, 4) is 0 Å². The molecule has 2 rings (SSSR count). The molecule has 1 fully saturated rings. The topological polar surface area (TPSA) is 29.5 Å². The maximum atomic E-state index is 11.5. The van der Waals surface area contributed by atoms with Crippen LogP contribution in [-0.2, 0) is 4.74 Å². The highest BCUT2D eigenvalue weighted by Gasteiger charge is 2.32. The molecule has 0 aromatic heterocycles. The van der Waals surface area contributed by atoms with Crippen LogP contribution in [0.15, 0.2) is 36.9 Å². The predicted octanol–water partition coefficient (Wildman–Crippen LogP) is 2.72. The molecule has 1 amide bonds.